The van der Waals surface area contributed by atoms with E-state index < -0.39 is 0 Å². The summed E-state index contributed by atoms with van der Waals surface area (Å²) in [6, 6.07) is 8.44. The first kappa shape index (κ1) is 13.2. The number of thiazole rings is 1. The van der Waals surface area contributed by atoms with E-state index in [9.17, 15) is 0 Å². The van der Waals surface area contributed by atoms with Crippen molar-refractivity contribution in [2.45, 2.75) is 19.9 Å². The lowest BCUT2D eigenvalue weighted by atomic mass is 10.1. The van der Waals surface area contributed by atoms with Gasteiger partial charge < -0.3 is 5.32 Å². The molecule has 3 aromatic rings. The minimum atomic E-state index is 0.879. The van der Waals surface area contributed by atoms with Crippen LogP contribution in [0.25, 0.3) is 10.8 Å². The maximum Gasteiger partial charge on any atom is 0.0897 e. The quantitative estimate of drug-likeness (QED) is 0.730. The molecule has 1 N–H and O–H groups in total. The van der Waals surface area contributed by atoms with Gasteiger partial charge in [0.25, 0.3) is 0 Å². The first-order chi connectivity index (χ1) is 9.83. The third kappa shape index (κ3) is 3.03. The number of hydrogen-bond donors (Lipinski definition) is 1. The Balaban J connectivity index is 1.60. The van der Waals surface area contributed by atoms with E-state index in [0.717, 1.165) is 24.5 Å². The van der Waals surface area contributed by atoms with Crippen LogP contribution in [0, 0.1) is 6.92 Å². The summed E-state index contributed by atoms with van der Waals surface area (Å²) in [4.78, 5) is 8.64. The Morgan fingerprint density at radius 3 is 3.05 bits per heavy atom. The van der Waals surface area contributed by atoms with Gasteiger partial charge in [0.05, 0.1) is 10.7 Å². The molecule has 1 aromatic carbocycles. The van der Waals surface area contributed by atoms with E-state index in [2.05, 4.69) is 44.9 Å². The van der Waals surface area contributed by atoms with Crippen molar-refractivity contribution >= 4 is 22.1 Å². The zero-order valence-corrected chi connectivity index (χ0v) is 12.3. The van der Waals surface area contributed by atoms with Crippen LogP contribution in [-0.4, -0.2) is 16.5 Å². The number of nitrogens with one attached hydrogen (secondary N) is 1. The van der Waals surface area contributed by atoms with Crippen LogP contribution in [0.4, 0.5) is 0 Å². The van der Waals surface area contributed by atoms with Gasteiger partial charge in [-0.05, 0) is 23.9 Å². The van der Waals surface area contributed by atoms with Crippen LogP contribution in [-0.2, 0) is 13.0 Å². The van der Waals surface area contributed by atoms with Gasteiger partial charge in [-0.15, -0.1) is 11.3 Å². The molecule has 0 aliphatic carbocycles. The fraction of sp³-hybridized carbons (Fsp3) is 0.250. The predicted molar refractivity (Wildman–Crippen MR) is 84.0 cm³/mol. The molecule has 4 heteroatoms. The van der Waals surface area contributed by atoms with E-state index in [1.165, 1.54) is 22.0 Å². The van der Waals surface area contributed by atoms with E-state index >= 15 is 0 Å². The molecule has 0 atom stereocenters. The fourth-order valence-electron chi connectivity index (χ4n) is 2.31. The van der Waals surface area contributed by atoms with E-state index in [0.29, 0.717) is 0 Å². The summed E-state index contributed by atoms with van der Waals surface area (Å²) in [5.41, 5.74) is 2.50. The van der Waals surface area contributed by atoms with Crippen LogP contribution in [0.3, 0.4) is 0 Å². The highest BCUT2D eigenvalue weighted by atomic mass is 32.1. The van der Waals surface area contributed by atoms with Crippen LogP contribution < -0.4 is 5.32 Å². The monoisotopic (exact) mass is 283 g/mol. The molecule has 0 spiro atoms. The fourth-order valence-corrected chi connectivity index (χ4v) is 2.95. The highest BCUT2D eigenvalue weighted by Gasteiger charge is 2.01. The largest absolute Gasteiger partial charge is 0.312 e. The lowest BCUT2D eigenvalue weighted by molar-refractivity contribution is 0.683. The second kappa shape index (κ2) is 6.11. The molecule has 2 heterocycles. The molecule has 3 nitrogen and oxygen atoms in total. The molecule has 0 unspecified atom stereocenters. The summed E-state index contributed by atoms with van der Waals surface area (Å²) < 4.78 is 0. The number of aromatic nitrogens is 2. The Morgan fingerprint density at radius 2 is 2.20 bits per heavy atom. The molecular weight excluding hydrogens is 266 g/mol. The van der Waals surface area contributed by atoms with Gasteiger partial charge in [-0.2, -0.15) is 0 Å². The summed E-state index contributed by atoms with van der Waals surface area (Å²) in [7, 11) is 0. The van der Waals surface area contributed by atoms with Gasteiger partial charge in [0, 0.05) is 42.7 Å². The van der Waals surface area contributed by atoms with Crippen LogP contribution in [0.1, 0.15) is 16.3 Å². The van der Waals surface area contributed by atoms with Gasteiger partial charge in [-0.3, -0.25) is 4.98 Å². The normalized spacial score (nSPS) is 11.1. The summed E-state index contributed by atoms with van der Waals surface area (Å²) in [5, 5.41) is 9.25. The summed E-state index contributed by atoms with van der Waals surface area (Å²) in [6.07, 6.45) is 4.75. The molecule has 0 fully saturated rings. The topological polar surface area (TPSA) is 37.8 Å². The number of nitrogens with zero attached hydrogens (tertiary/aromatic N) is 2. The minimum absolute atomic E-state index is 0.879. The predicted octanol–water partition coefficient (Wildman–Crippen LogP) is 3.33. The number of rotatable bonds is 5. The molecule has 2 aromatic heterocycles. The van der Waals surface area contributed by atoms with Crippen molar-refractivity contribution in [2.75, 3.05) is 6.54 Å². The van der Waals surface area contributed by atoms with E-state index in [1.807, 2.05) is 19.3 Å². The highest BCUT2D eigenvalue weighted by Crippen LogP contribution is 2.17. The maximum atomic E-state index is 4.48. The highest BCUT2D eigenvalue weighted by molar-refractivity contribution is 7.09. The SMILES string of the molecule is Cc1nc(CCNCc2cccc3cnccc23)cs1. The van der Waals surface area contributed by atoms with Crippen molar-refractivity contribution in [1.82, 2.24) is 15.3 Å². The Morgan fingerprint density at radius 1 is 1.25 bits per heavy atom. The van der Waals surface area contributed by atoms with Gasteiger partial charge in [0.1, 0.15) is 0 Å². The molecule has 20 heavy (non-hydrogen) atoms. The van der Waals surface area contributed by atoms with Crippen LogP contribution in [0.2, 0.25) is 0 Å². The minimum Gasteiger partial charge on any atom is -0.312 e. The Labute approximate surface area is 122 Å². The van der Waals surface area contributed by atoms with Gasteiger partial charge in [-0.1, -0.05) is 18.2 Å². The molecule has 0 amide bonds. The van der Waals surface area contributed by atoms with Gasteiger partial charge in [-0.25, -0.2) is 4.98 Å². The van der Waals surface area contributed by atoms with Gasteiger partial charge in [0.15, 0.2) is 0 Å². The van der Waals surface area contributed by atoms with Gasteiger partial charge in [0.2, 0.25) is 0 Å². The summed E-state index contributed by atoms with van der Waals surface area (Å²) in [6.45, 7) is 3.88. The van der Waals surface area contributed by atoms with Crippen molar-refractivity contribution in [3.8, 4) is 0 Å². The smallest absolute Gasteiger partial charge is 0.0897 e. The van der Waals surface area contributed by atoms with Gasteiger partial charge >= 0.3 is 0 Å². The second-order valence-electron chi connectivity index (χ2n) is 4.80. The number of benzene rings is 1. The van der Waals surface area contributed by atoms with Crippen molar-refractivity contribution in [3.05, 3.63) is 58.3 Å². The summed E-state index contributed by atoms with van der Waals surface area (Å²) >= 11 is 1.71. The van der Waals surface area contributed by atoms with E-state index in [4.69, 9.17) is 0 Å². The van der Waals surface area contributed by atoms with Crippen molar-refractivity contribution < 1.29 is 0 Å². The third-order valence-corrected chi connectivity index (χ3v) is 4.13. The van der Waals surface area contributed by atoms with E-state index in [1.54, 1.807) is 11.3 Å². The number of pyridine rings is 1. The first-order valence-corrected chi connectivity index (χ1v) is 7.64. The van der Waals surface area contributed by atoms with Crippen molar-refractivity contribution in [2.24, 2.45) is 0 Å². The molecule has 0 saturated heterocycles. The van der Waals surface area contributed by atoms with Crippen LogP contribution in [0.15, 0.2) is 42.0 Å². The third-order valence-electron chi connectivity index (χ3n) is 3.31. The zero-order valence-electron chi connectivity index (χ0n) is 11.5. The lowest BCUT2D eigenvalue weighted by Crippen LogP contribution is -2.17. The first-order valence-electron chi connectivity index (χ1n) is 6.76. The number of hydrogen-bond acceptors (Lipinski definition) is 4. The summed E-state index contributed by atoms with van der Waals surface area (Å²) in [5.74, 6) is 0. The van der Waals surface area contributed by atoms with Crippen molar-refractivity contribution in [3.63, 3.8) is 0 Å². The number of fused-ring (bicyclic) bond motifs is 1. The average molecular weight is 283 g/mol. The maximum absolute atomic E-state index is 4.48. The molecule has 0 saturated carbocycles. The molecule has 0 aliphatic rings. The van der Waals surface area contributed by atoms with Crippen LogP contribution in [0.5, 0.6) is 0 Å². The standard InChI is InChI=1S/C16H17N3S/c1-12-19-15(11-20-12)5-7-17-9-13-3-2-4-14-10-18-8-6-16(13)14/h2-4,6,8,10-11,17H,5,7,9H2,1H3. The lowest BCUT2D eigenvalue weighted by Gasteiger charge is -2.07. The Kier molecular flexibility index (Phi) is 4.04. The molecular formula is C16H17N3S. The van der Waals surface area contributed by atoms with E-state index in [-0.39, 0.29) is 0 Å². The molecule has 3 rings (SSSR count). The molecule has 102 valence electrons. The van der Waals surface area contributed by atoms with Crippen LogP contribution >= 0.6 is 11.3 Å². The molecule has 0 aliphatic heterocycles. The zero-order chi connectivity index (χ0) is 13.8. The number of aryl methyl sites for hydroxylation is 1. The molecule has 0 bridgehead atoms. The molecule has 0 radical (unpaired) electrons. The Hall–Kier alpha value is -1.78. The average Bonchev–Trinajstić information content (AvgIpc) is 2.89. The second-order valence-corrected chi connectivity index (χ2v) is 5.86. The Bertz CT molecular complexity index is 700. The van der Waals surface area contributed by atoms with Crippen molar-refractivity contribution in [1.29, 1.82) is 0 Å².